The van der Waals surface area contributed by atoms with Gasteiger partial charge in [0.25, 0.3) is 0 Å². The average molecular weight is 1780 g/mol. The molecular formula is C86H120N22O18S. The number of fused-ring (bicyclic) bond motifs is 4. The van der Waals surface area contributed by atoms with Gasteiger partial charge in [0.1, 0.15) is 78.3 Å². The van der Waals surface area contributed by atoms with Crippen molar-refractivity contribution in [3.8, 4) is 5.75 Å². The van der Waals surface area contributed by atoms with Gasteiger partial charge in [-0.3, -0.25) is 77.3 Å². The van der Waals surface area contributed by atoms with E-state index in [4.69, 9.17) is 21.6 Å². The smallest absolute Gasteiger partial charge is 0.246 e. The fraction of sp³-hybridized carbons (Fsp3) is 0.523. The van der Waals surface area contributed by atoms with E-state index >= 15 is 24.0 Å². The topological polar surface area (TPSA) is 578 Å². The predicted octanol–water partition coefficient (Wildman–Crippen LogP) is -1.41. The number of aromatic hydroxyl groups is 1. The molecule has 0 aliphatic carbocycles. The number of hydrogen-bond donors (Lipinski definition) is 18. The standard InChI is InChI=1S/C86H120N22O18S/c1-9-10-22-67-78(118)99-60(21-15-29-92-86(88)89)75(115)91-30-33-127-46-73(113)98-64(35-50-24-26-54(109)27-25-50)81(121)104(5)49(4)74(114)102-66(40-71(87)111)83(123)107-31-16-23-68(107)79(119)101-62(38-53-43-90-47-96-53)77(117)103-63(34-48(2)3)84(124)108-45-55(110)39-70(108)80(120)100-61(36-51-41-93-58-19-13-11-17-56(51)58)76(116)95-44-72(112)97-65(37-52-42-94-59-20-14-12-18-57(52)59)82(122)106(7)69(28-32-126-8)85(125)105(67)6/h11-14,17-20,24-27,41-43,47-49,55,60-70,93-94,109-110H,9-10,15-16,21-23,28-40,44-46H2,1-8H3,(H2,87,111)(H,90,96)(H,91,115)(H,95,116)(H,97,112)(H,98,113)(H,99,118)(H,100,120)(H,101,119)(H,102,114)(H,103,117)(H4,88,89,92)/t49-,55+,60-,61-,62-,63-,64-,65-,66-,67-,68-,69-,70-/m0/s1. The van der Waals surface area contributed by atoms with Gasteiger partial charge in [0.05, 0.1) is 31.1 Å². The lowest BCUT2D eigenvalue weighted by molar-refractivity contribution is -0.149. The third-order valence-electron chi connectivity index (χ3n) is 22.9. The van der Waals surface area contributed by atoms with Crippen molar-refractivity contribution in [3.05, 3.63) is 120 Å². The molecule has 6 heterocycles. The lowest BCUT2D eigenvalue weighted by atomic mass is 10.0. The van der Waals surface area contributed by atoms with Crippen molar-refractivity contribution in [3.63, 3.8) is 0 Å². The van der Waals surface area contributed by atoms with Crippen LogP contribution in [0, 0.1) is 11.3 Å². The van der Waals surface area contributed by atoms with Gasteiger partial charge < -0.3 is 119 Å². The van der Waals surface area contributed by atoms with Gasteiger partial charge in [-0.25, -0.2) is 4.98 Å². The lowest BCUT2D eigenvalue weighted by Crippen LogP contribution is -2.60. The summed E-state index contributed by atoms with van der Waals surface area (Å²) in [6, 6.07) is 3.03. The van der Waals surface area contributed by atoms with E-state index < -0.39 is 187 Å². The number of benzene rings is 3. The largest absolute Gasteiger partial charge is 0.508 e. The molecule has 0 radical (unpaired) electrons. The van der Waals surface area contributed by atoms with Gasteiger partial charge >= 0.3 is 0 Å². The molecule has 40 nitrogen and oxygen atoms in total. The van der Waals surface area contributed by atoms with E-state index in [-0.39, 0.29) is 132 Å². The summed E-state index contributed by atoms with van der Waals surface area (Å²) in [7, 11) is 5.44. The molecule has 3 aromatic heterocycles. The third-order valence-corrected chi connectivity index (χ3v) is 23.9. The number of carbonyl (C=O) groups excluding carboxylic acids is 15. The second kappa shape index (κ2) is 47.1. The number of aromatic nitrogens is 4. The zero-order valence-electron chi connectivity index (χ0n) is 72.8. The zero-order chi connectivity index (χ0) is 92.3. The number of primary amides is 1. The first kappa shape index (κ1) is 98.1. The highest BCUT2D eigenvalue weighted by Gasteiger charge is 2.46. The van der Waals surface area contributed by atoms with Crippen LogP contribution < -0.4 is 64.6 Å². The lowest BCUT2D eigenvalue weighted by Gasteiger charge is -2.36. The number of rotatable bonds is 22. The molecule has 6 aromatic rings. The minimum absolute atomic E-state index is 0.00353. The zero-order valence-corrected chi connectivity index (χ0v) is 73.6. The van der Waals surface area contributed by atoms with Crippen molar-refractivity contribution in [2.75, 3.05) is 79.1 Å². The normalized spacial score (nSPS) is 24.5. The minimum Gasteiger partial charge on any atom is -0.508 e. The Hall–Kier alpha value is -12.7. The van der Waals surface area contributed by atoms with E-state index in [2.05, 4.69) is 73.1 Å². The van der Waals surface area contributed by atoms with E-state index in [0.29, 0.717) is 57.0 Å². The number of para-hydroxylation sites is 2. The van der Waals surface area contributed by atoms with Crippen molar-refractivity contribution in [1.82, 2.24) is 97.6 Å². The number of thioether (sulfide) groups is 1. The van der Waals surface area contributed by atoms with Gasteiger partial charge in [0, 0.05) is 151 Å². The monoisotopic (exact) mass is 1780 g/mol. The summed E-state index contributed by atoms with van der Waals surface area (Å²) in [5.74, 6) is -13.4. The van der Waals surface area contributed by atoms with Crippen molar-refractivity contribution in [2.24, 2.45) is 17.4 Å². The highest BCUT2D eigenvalue weighted by Crippen LogP contribution is 2.28. The Balaban J connectivity index is 1.05. The maximum absolute atomic E-state index is 15.5. The van der Waals surface area contributed by atoms with E-state index in [1.165, 1.54) is 76.9 Å². The minimum atomic E-state index is -1.72. The second-order valence-corrected chi connectivity index (χ2v) is 33.8. The van der Waals surface area contributed by atoms with Crippen LogP contribution in [0.2, 0.25) is 0 Å². The molecule has 0 unspecified atom stereocenters. The van der Waals surface area contributed by atoms with Crippen LogP contribution >= 0.6 is 11.8 Å². The number of nitrogens with two attached hydrogens (primary N) is 2. The summed E-state index contributed by atoms with van der Waals surface area (Å²) in [4.78, 5) is 240. The number of phenolic OH excluding ortho intramolecular Hbond substituents is 1. The molecule has 41 heteroatoms. The van der Waals surface area contributed by atoms with Gasteiger partial charge in [-0.05, 0) is 92.3 Å². The Morgan fingerprint density at radius 2 is 1.19 bits per heavy atom. The Morgan fingerprint density at radius 1 is 0.606 bits per heavy atom. The molecule has 0 saturated carbocycles. The van der Waals surface area contributed by atoms with E-state index in [0.717, 1.165) is 31.4 Å². The average Bonchev–Trinajstić information content (AvgIpc) is 1.64. The summed E-state index contributed by atoms with van der Waals surface area (Å²) in [5.41, 5.74) is 14.6. The fourth-order valence-corrected chi connectivity index (χ4v) is 16.6. The molecule has 9 rings (SSSR count). The summed E-state index contributed by atoms with van der Waals surface area (Å²) in [6.07, 6.45) is 4.16. The van der Waals surface area contributed by atoms with Crippen molar-refractivity contribution < 1.29 is 86.9 Å². The molecule has 127 heavy (non-hydrogen) atoms. The number of guanidine groups is 1. The molecule has 3 saturated heterocycles. The van der Waals surface area contributed by atoms with E-state index in [9.17, 15) is 58.2 Å². The molecule has 3 aliphatic heterocycles. The van der Waals surface area contributed by atoms with E-state index in [1.807, 2.05) is 19.1 Å². The maximum atomic E-state index is 15.5. The first-order chi connectivity index (χ1) is 60.6. The van der Waals surface area contributed by atoms with Crippen LogP contribution in [-0.2, 0) is 102 Å². The summed E-state index contributed by atoms with van der Waals surface area (Å²) in [6.45, 7) is 5.45. The second-order valence-electron chi connectivity index (χ2n) is 32.7. The SMILES string of the molecule is CCCC[C@H]1C(=O)N[C@@H](CCCNC(=N)N)C(=O)NCCSCC(=O)N[C@@H](Cc2ccc(O)cc2)C(=O)N(C)[C@@H](C)C(=O)N[C@@H](CC(N)=O)C(=O)N2CCC[C@H]2C(=O)N[C@@H](Cc2cnc[nH]2)C(=O)N[C@@H](CC(C)C)C(=O)N2C[C@H](O)C[C@H]2C(=O)N[C@@H](Cc2c[nH]c3ccccc23)C(=O)NCC(=O)N[C@@H](Cc2c[nH]c3ccccc23)C(=O)N(C)[C@@H](CCOC)C(=O)N1C. The van der Waals surface area contributed by atoms with Gasteiger partial charge in [-0.15, -0.1) is 0 Å². The van der Waals surface area contributed by atoms with E-state index in [1.54, 1.807) is 62.6 Å². The number of hydrogen-bond acceptors (Lipinski definition) is 21. The number of nitrogens with zero attached hydrogens (tertiary/aromatic N) is 6. The first-order valence-electron chi connectivity index (χ1n) is 42.7. The number of aromatic amines is 3. The highest BCUT2D eigenvalue weighted by atomic mass is 32.2. The number of H-pyrrole nitrogens is 3. The highest BCUT2D eigenvalue weighted by molar-refractivity contribution is 7.99. The molecule has 15 amide bonds. The molecule has 0 bridgehead atoms. The number of imidazole rings is 1. The van der Waals surface area contributed by atoms with Crippen LogP contribution in [-0.4, -0.2) is 307 Å². The molecule has 0 spiro atoms. The van der Waals surface area contributed by atoms with Crippen LogP contribution in [0.25, 0.3) is 21.8 Å². The quantitative estimate of drug-likeness (QED) is 0.0211. The van der Waals surface area contributed by atoms with Gasteiger partial charge in [-0.2, -0.15) is 11.8 Å². The van der Waals surface area contributed by atoms with Crippen LogP contribution in [0.15, 0.2) is 97.7 Å². The molecule has 13 atom stereocenters. The number of unbranched alkanes of at least 4 members (excludes halogenated alkanes) is 1. The summed E-state index contributed by atoms with van der Waals surface area (Å²) < 4.78 is 5.50. The number of aliphatic hydroxyl groups is 1. The van der Waals surface area contributed by atoms with Gasteiger partial charge in [-0.1, -0.05) is 82.1 Å². The van der Waals surface area contributed by atoms with Crippen molar-refractivity contribution in [1.29, 1.82) is 5.41 Å². The van der Waals surface area contributed by atoms with Gasteiger partial charge in [0.15, 0.2) is 5.96 Å². The van der Waals surface area contributed by atoms with Crippen molar-refractivity contribution in [2.45, 2.75) is 203 Å². The van der Waals surface area contributed by atoms with Crippen LogP contribution in [0.1, 0.15) is 121 Å². The first-order valence-corrected chi connectivity index (χ1v) is 43.8. The number of ether oxygens (including phenoxy) is 1. The Labute approximate surface area is 739 Å². The Kier molecular flexibility index (Phi) is 36.4. The Bertz CT molecular complexity index is 4870. The Morgan fingerprint density at radius 3 is 1.82 bits per heavy atom. The molecule has 688 valence electrons. The number of phenols is 1. The third kappa shape index (κ3) is 27.4. The predicted molar refractivity (Wildman–Crippen MR) is 470 cm³/mol. The van der Waals surface area contributed by atoms with Crippen LogP contribution in [0.3, 0.4) is 0 Å². The van der Waals surface area contributed by atoms with Crippen molar-refractivity contribution >= 4 is 128 Å². The van der Waals surface area contributed by atoms with Crippen LogP contribution in [0.4, 0.5) is 0 Å². The molecule has 3 aliphatic rings. The number of amides is 15. The number of aliphatic hydroxyl groups excluding tert-OH is 1. The fourth-order valence-electron chi connectivity index (χ4n) is 15.9. The molecule has 3 fully saturated rings. The summed E-state index contributed by atoms with van der Waals surface area (Å²) in [5, 5.41) is 58.0. The maximum Gasteiger partial charge on any atom is 0.246 e. The number of methoxy groups -OCH3 is 1. The molecular weight excluding hydrogens is 1660 g/mol. The van der Waals surface area contributed by atoms with Gasteiger partial charge in [0.2, 0.25) is 88.6 Å². The number of likely N-dealkylation sites (N-methyl/N-ethyl adjacent to an activating group) is 3. The number of carbonyl (C=O) groups is 15. The number of nitrogens with one attached hydrogen (secondary N) is 14. The molecule has 20 N–H and O–H groups in total. The van der Waals surface area contributed by atoms with Crippen LogP contribution in [0.5, 0.6) is 5.75 Å². The summed E-state index contributed by atoms with van der Waals surface area (Å²) >= 11 is 1.07. The molecule has 3 aromatic carbocycles.